The van der Waals surface area contributed by atoms with Gasteiger partial charge in [-0.25, -0.2) is 4.98 Å². The van der Waals surface area contributed by atoms with E-state index >= 15 is 0 Å². The summed E-state index contributed by atoms with van der Waals surface area (Å²) in [5.74, 6) is 0.232. The van der Waals surface area contributed by atoms with Crippen LogP contribution in [0.15, 0.2) is 71.5 Å². The highest BCUT2D eigenvalue weighted by Gasteiger charge is 2.30. The van der Waals surface area contributed by atoms with Crippen LogP contribution in [0.4, 0.5) is 0 Å². The van der Waals surface area contributed by atoms with Crippen molar-refractivity contribution in [3.05, 3.63) is 104 Å². The first-order chi connectivity index (χ1) is 16.8. The Kier molecular flexibility index (Phi) is 7.80. The van der Waals surface area contributed by atoms with Crippen LogP contribution in [0.3, 0.4) is 0 Å². The lowest BCUT2D eigenvalue weighted by Crippen LogP contribution is -2.39. The molecule has 0 radical (unpaired) electrons. The molecule has 0 saturated heterocycles. The summed E-state index contributed by atoms with van der Waals surface area (Å²) >= 11 is 18.6. The third kappa shape index (κ3) is 5.08. The van der Waals surface area contributed by atoms with E-state index in [0.717, 1.165) is 0 Å². The number of benzene rings is 3. The smallest absolute Gasteiger partial charge is 0.266 e. The van der Waals surface area contributed by atoms with Gasteiger partial charge in [0, 0.05) is 16.6 Å². The van der Waals surface area contributed by atoms with Crippen molar-refractivity contribution in [2.45, 2.75) is 32.7 Å². The lowest BCUT2D eigenvalue weighted by Gasteiger charge is -2.32. The number of hydrogen-bond donors (Lipinski definition) is 0. The standard InChI is InChI=1S/C27H24Cl3N3O2/c1-3-15-32(26(34)20-14-11-18(29)16-22(20)30)24(4-2)25-31-23-8-6-5-7-21(23)27(35)33(25)19-12-9-17(28)10-13-19/h5-14,16,24H,3-4,15H2,1-2H3. The lowest BCUT2D eigenvalue weighted by molar-refractivity contribution is 0.0659. The van der Waals surface area contributed by atoms with Crippen LogP contribution in [0.1, 0.15) is 48.9 Å². The summed E-state index contributed by atoms with van der Waals surface area (Å²) < 4.78 is 1.58. The molecule has 8 heteroatoms. The highest BCUT2D eigenvalue weighted by Crippen LogP contribution is 2.30. The van der Waals surface area contributed by atoms with Crippen molar-refractivity contribution in [3.63, 3.8) is 0 Å². The summed E-state index contributed by atoms with van der Waals surface area (Å²) in [5, 5.41) is 1.79. The van der Waals surface area contributed by atoms with Gasteiger partial charge in [-0.2, -0.15) is 0 Å². The van der Waals surface area contributed by atoms with Gasteiger partial charge >= 0.3 is 0 Å². The van der Waals surface area contributed by atoms with Crippen LogP contribution in [0.25, 0.3) is 16.6 Å². The molecule has 1 unspecified atom stereocenters. The van der Waals surface area contributed by atoms with E-state index < -0.39 is 6.04 Å². The summed E-state index contributed by atoms with van der Waals surface area (Å²) in [6.07, 6.45) is 1.25. The topological polar surface area (TPSA) is 55.2 Å². The Balaban J connectivity index is 1.94. The Bertz CT molecular complexity index is 1430. The van der Waals surface area contributed by atoms with Gasteiger partial charge in [-0.15, -0.1) is 0 Å². The fourth-order valence-electron chi connectivity index (χ4n) is 4.21. The molecule has 35 heavy (non-hydrogen) atoms. The van der Waals surface area contributed by atoms with Crippen molar-refractivity contribution in [2.24, 2.45) is 0 Å². The highest BCUT2D eigenvalue weighted by atomic mass is 35.5. The number of amides is 1. The SMILES string of the molecule is CCCN(C(=O)c1ccc(Cl)cc1Cl)C(CC)c1nc2ccccc2c(=O)n1-c1ccc(Cl)cc1. The minimum absolute atomic E-state index is 0.209. The summed E-state index contributed by atoms with van der Waals surface area (Å²) in [7, 11) is 0. The van der Waals surface area contributed by atoms with Gasteiger partial charge < -0.3 is 4.90 Å². The third-order valence-corrected chi connectivity index (χ3v) is 6.63. The fourth-order valence-corrected chi connectivity index (χ4v) is 4.83. The number of carbonyl (C=O) groups is 1. The molecule has 1 aromatic heterocycles. The molecule has 3 aromatic carbocycles. The van der Waals surface area contributed by atoms with Crippen LogP contribution < -0.4 is 5.56 Å². The van der Waals surface area contributed by atoms with Gasteiger partial charge in [-0.3, -0.25) is 14.2 Å². The molecular weight excluding hydrogens is 505 g/mol. The van der Waals surface area contributed by atoms with Gasteiger partial charge in [-0.1, -0.05) is 60.8 Å². The van der Waals surface area contributed by atoms with Crippen molar-refractivity contribution in [2.75, 3.05) is 6.54 Å². The number of carbonyl (C=O) groups excluding carboxylic acids is 1. The van der Waals surface area contributed by atoms with Gasteiger partial charge in [0.2, 0.25) is 0 Å². The van der Waals surface area contributed by atoms with Crippen LogP contribution in [-0.2, 0) is 0 Å². The Morgan fingerprint density at radius 1 is 0.971 bits per heavy atom. The van der Waals surface area contributed by atoms with E-state index in [1.54, 1.807) is 64.1 Å². The maximum Gasteiger partial charge on any atom is 0.266 e. The van der Waals surface area contributed by atoms with Gasteiger partial charge in [0.1, 0.15) is 5.82 Å². The van der Waals surface area contributed by atoms with E-state index in [4.69, 9.17) is 39.8 Å². The molecule has 0 aliphatic rings. The monoisotopic (exact) mass is 527 g/mol. The molecule has 5 nitrogen and oxygen atoms in total. The molecule has 1 amide bonds. The second-order valence-corrected chi connectivity index (χ2v) is 9.43. The average Bonchev–Trinajstić information content (AvgIpc) is 2.84. The van der Waals surface area contributed by atoms with Crippen LogP contribution in [0, 0.1) is 0 Å². The lowest BCUT2D eigenvalue weighted by atomic mass is 10.1. The van der Waals surface area contributed by atoms with Gasteiger partial charge in [0.15, 0.2) is 0 Å². The van der Waals surface area contributed by atoms with E-state index in [-0.39, 0.29) is 16.5 Å². The predicted octanol–water partition coefficient (Wildman–Crippen LogP) is 7.35. The van der Waals surface area contributed by atoms with E-state index in [9.17, 15) is 9.59 Å². The first-order valence-corrected chi connectivity index (χ1v) is 12.5. The number of fused-ring (bicyclic) bond motifs is 1. The van der Waals surface area contributed by atoms with Gasteiger partial charge in [-0.05, 0) is 67.4 Å². The van der Waals surface area contributed by atoms with Gasteiger partial charge in [0.05, 0.1) is 33.2 Å². The number of nitrogens with zero attached hydrogens (tertiary/aromatic N) is 3. The quantitative estimate of drug-likeness (QED) is 0.252. The molecule has 4 aromatic rings. The number of hydrogen-bond acceptors (Lipinski definition) is 3. The first kappa shape index (κ1) is 25.2. The second kappa shape index (κ2) is 10.8. The molecule has 0 aliphatic heterocycles. The summed E-state index contributed by atoms with van der Waals surface area (Å²) in [4.78, 5) is 34.1. The average molecular weight is 529 g/mol. The minimum Gasteiger partial charge on any atom is -0.328 e. The number of para-hydroxylation sites is 1. The first-order valence-electron chi connectivity index (χ1n) is 11.4. The normalized spacial score (nSPS) is 12.0. The molecule has 0 aliphatic carbocycles. The molecular formula is C27H24Cl3N3O2. The Morgan fingerprint density at radius 3 is 2.31 bits per heavy atom. The summed E-state index contributed by atoms with van der Waals surface area (Å²) in [5.41, 5.74) is 1.34. The Labute approximate surface area is 218 Å². The molecule has 0 bridgehead atoms. The zero-order valence-electron chi connectivity index (χ0n) is 19.3. The molecule has 0 spiro atoms. The number of halogens is 3. The molecule has 4 rings (SSSR count). The van der Waals surface area contributed by atoms with E-state index in [0.29, 0.717) is 57.4 Å². The summed E-state index contributed by atoms with van der Waals surface area (Å²) in [6.45, 7) is 4.42. The van der Waals surface area contributed by atoms with Crippen LogP contribution in [0.2, 0.25) is 15.1 Å². The van der Waals surface area contributed by atoms with E-state index in [1.165, 1.54) is 0 Å². The maximum absolute atomic E-state index is 13.7. The largest absolute Gasteiger partial charge is 0.328 e. The molecule has 1 heterocycles. The van der Waals surface area contributed by atoms with Crippen molar-refractivity contribution in [1.29, 1.82) is 0 Å². The molecule has 0 saturated carbocycles. The van der Waals surface area contributed by atoms with Crippen molar-refractivity contribution in [3.8, 4) is 5.69 Å². The van der Waals surface area contributed by atoms with E-state index in [2.05, 4.69) is 0 Å². The van der Waals surface area contributed by atoms with Crippen molar-refractivity contribution in [1.82, 2.24) is 14.5 Å². The van der Waals surface area contributed by atoms with E-state index in [1.807, 2.05) is 26.0 Å². The maximum atomic E-state index is 13.7. The second-order valence-electron chi connectivity index (χ2n) is 8.15. The summed E-state index contributed by atoms with van der Waals surface area (Å²) in [6, 6.07) is 18.6. The minimum atomic E-state index is -0.484. The number of aromatic nitrogens is 2. The van der Waals surface area contributed by atoms with Crippen LogP contribution in [0.5, 0.6) is 0 Å². The van der Waals surface area contributed by atoms with Crippen molar-refractivity contribution < 1.29 is 4.79 Å². The van der Waals surface area contributed by atoms with Crippen LogP contribution in [-0.4, -0.2) is 26.9 Å². The van der Waals surface area contributed by atoms with Gasteiger partial charge in [0.25, 0.3) is 11.5 Å². The zero-order chi connectivity index (χ0) is 25.1. The Hall–Kier alpha value is -2.86. The molecule has 0 fully saturated rings. The highest BCUT2D eigenvalue weighted by molar-refractivity contribution is 6.36. The molecule has 1 atom stereocenters. The molecule has 180 valence electrons. The molecule has 0 N–H and O–H groups in total. The zero-order valence-corrected chi connectivity index (χ0v) is 21.6. The predicted molar refractivity (Wildman–Crippen MR) is 143 cm³/mol. The Morgan fingerprint density at radius 2 is 1.66 bits per heavy atom. The van der Waals surface area contributed by atoms with Crippen LogP contribution >= 0.6 is 34.8 Å². The fraction of sp³-hybridized carbons (Fsp3) is 0.222. The third-order valence-electron chi connectivity index (χ3n) is 5.83. The number of rotatable bonds is 7. The van der Waals surface area contributed by atoms with Crippen molar-refractivity contribution >= 4 is 51.6 Å².